The molecule has 0 spiro atoms. The lowest BCUT2D eigenvalue weighted by atomic mass is 9.83. The van der Waals surface area contributed by atoms with Crippen molar-refractivity contribution in [1.29, 1.82) is 0 Å². The third kappa shape index (κ3) is 5.33. The number of aryl methyl sites for hydroxylation is 1. The summed E-state index contributed by atoms with van der Waals surface area (Å²) in [5, 5.41) is 10.0. The number of benzene rings is 2. The van der Waals surface area contributed by atoms with Crippen LogP contribution >= 0.6 is 0 Å². The Morgan fingerprint density at radius 2 is 1.84 bits per heavy atom. The summed E-state index contributed by atoms with van der Waals surface area (Å²) >= 11 is 0. The van der Waals surface area contributed by atoms with Crippen LogP contribution in [0.3, 0.4) is 0 Å². The maximum atomic E-state index is 12.1. The summed E-state index contributed by atoms with van der Waals surface area (Å²) in [5.41, 5.74) is 9.12. The minimum absolute atomic E-state index is 0.00494. The lowest BCUT2D eigenvalue weighted by Gasteiger charge is -2.27. The van der Waals surface area contributed by atoms with Gasteiger partial charge in [0.25, 0.3) is 0 Å². The van der Waals surface area contributed by atoms with Gasteiger partial charge in [-0.25, -0.2) is 4.79 Å². The summed E-state index contributed by atoms with van der Waals surface area (Å²) in [5.74, 6) is -0.321. The van der Waals surface area contributed by atoms with Gasteiger partial charge in [0.05, 0.1) is 5.56 Å². The van der Waals surface area contributed by atoms with E-state index in [9.17, 15) is 9.90 Å². The summed E-state index contributed by atoms with van der Waals surface area (Å²) in [6.45, 7) is 8.17. The summed E-state index contributed by atoms with van der Waals surface area (Å²) < 4.78 is 5.32. The molecule has 0 saturated heterocycles. The molecule has 0 fully saturated rings. The summed E-state index contributed by atoms with van der Waals surface area (Å²) in [6.07, 6.45) is 1.95. The van der Waals surface area contributed by atoms with Crippen LogP contribution < -0.4 is 5.73 Å². The van der Waals surface area contributed by atoms with Gasteiger partial charge in [-0.05, 0) is 42.2 Å². The van der Waals surface area contributed by atoms with E-state index in [4.69, 9.17) is 10.5 Å². The maximum Gasteiger partial charge on any atom is 0.338 e. The molecule has 1 atom stereocenters. The topological polar surface area (TPSA) is 72.5 Å². The molecule has 2 aromatic carbocycles. The van der Waals surface area contributed by atoms with Gasteiger partial charge in [0, 0.05) is 18.0 Å². The molecule has 1 radical (unpaired) electrons. The molecule has 3 N–H and O–H groups in total. The molecule has 0 aromatic heterocycles. The first-order valence-electron chi connectivity index (χ1n) is 8.33. The number of carbonyl (C=O) groups excluding carboxylic acids is 1. The molecule has 0 saturated carbocycles. The van der Waals surface area contributed by atoms with Crippen LogP contribution in [0.1, 0.15) is 47.8 Å². The number of phenols is 1. The quantitative estimate of drug-likeness (QED) is 0.808. The second kappa shape index (κ2) is 7.70. The van der Waals surface area contributed by atoms with E-state index in [2.05, 4.69) is 20.8 Å². The monoisotopic (exact) mass is 340 g/mol. The molecule has 133 valence electrons. The normalized spacial score (nSPS) is 12.7. The van der Waals surface area contributed by atoms with Crippen molar-refractivity contribution in [3.8, 4) is 5.75 Å². The molecular formula is C21H26NO3. The Morgan fingerprint density at radius 3 is 2.44 bits per heavy atom. The van der Waals surface area contributed by atoms with E-state index in [0.29, 0.717) is 11.1 Å². The lowest BCUT2D eigenvalue weighted by Crippen LogP contribution is -2.35. The smallest absolute Gasteiger partial charge is 0.338 e. The number of hydrogen-bond acceptors (Lipinski definition) is 4. The van der Waals surface area contributed by atoms with Crippen molar-refractivity contribution >= 4 is 5.97 Å². The van der Waals surface area contributed by atoms with Crippen LogP contribution in [0.2, 0.25) is 0 Å². The van der Waals surface area contributed by atoms with Gasteiger partial charge in [-0.2, -0.15) is 0 Å². The van der Waals surface area contributed by atoms with E-state index in [-0.39, 0.29) is 23.8 Å². The highest BCUT2D eigenvalue weighted by atomic mass is 16.5. The van der Waals surface area contributed by atoms with Gasteiger partial charge in [0.15, 0.2) is 0 Å². The van der Waals surface area contributed by atoms with Crippen molar-refractivity contribution in [1.82, 2.24) is 0 Å². The SMILES string of the molecule is Cc1ccc(C(=O)OCc2cc([CH]C(N)C(C)(C)C)ccc2O)cc1. The van der Waals surface area contributed by atoms with Crippen LogP contribution in [-0.4, -0.2) is 17.1 Å². The fraction of sp³-hybridized carbons (Fsp3) is 0.333. The zero-order valence-electron chi connectivity index (χ0n) is 15.2. The van der Waals surface area contributed by atoms with Gasteiger partial charge < -0.3 is 15.6 Å². The van der Waals surface area contributed by atoms with Crippen molar-refractivity contribution in [2.24, 2.45) is 11.1 Å². The zero-order valence-corrected chi connectivity index (χ0v) is 15.2. The van der Waals surface area contributed by atoms with Crippen LogP contribution in [0.15, 0.2) is 42.5 Å². The summed E-state index contributed by atoms with van der Waals surface area (Å²) in [7, 11) is 0. The van der Waals surface area contributed by atoms with Crippen molar-refractivity contribution in [2.45, 2.75) is 40.3 Å². The first-order valence-corrected chi connectivity index (χ1v) is 8.33. The van der Waals surface area contributed by atoms with Crippen molar-refractivity contribution in [3.05, 3.63) is 71.1 Å². The van der Waals surface area contributed by atoms with E-state index >= 15 is 0 Å². The van der Waals surface area contributed by atoms with Gasteiger partial charge in [-0.15, -0.1) is 0 Å². The van der Waals surface area contributed by atoms with E-state index in [0.717, 1.165) is 11.1 Å². The van der Waals surface area contributed by atoms with E-state index in [1.54, 1.807) is 30.3 Å². The zero-order chi connectivity index (χ0) is 18.6. The number of esters is 1. The molecule has 0 amide bonds. The average Bonchev–Trinajstić information content (AvgIpc) is 2.54. The molecule has 2 rings (SSSR count). The van der Waals surface area contributed by atoms with Gasteiger partial charge in [-0.1, -0.05) is 44.5 Å². The van der Waals surface area contributed by atoms with Crippen LogP contribution in [0.5, 0.6) is 5.75 Å². The maximum absolute atomic E-state index is 12.1. The van der Waals surface area contributed by atoms with E-state index in [1.807, 2.05) is 25.5 Å². The third-order valence-corrected chi connectivity index (χ3v) is 4.12. The minimum atomic E-state index is -0.417. The lowest BCUT2D eigenvalue weighted by molar-refractivity contribution is 0.0470. The van der Waals surface area contributed by atoms with Crippen LogP contribution in [0.25, 0.3) is 0 Å². The summed E-state index contributed by atoms with van der Waals surface area (Å²) in [4.78, 5) is 12.1. The fourth-order valence-corrected chi connectivity index (χ4v) is 2.20. The number of nitrogens with two attached hydrogens (primary N) is 1. The Bertz CT molecular complexity index is 730. The highest BCUT2D eigenvalue weighted by molar-refractivity contribution is 5.89. The van der Waals surface area contributed by atoms with Crippen molar-refractivity contribution in [2.75, 3.05) is 0 Å². The number of ether oxygens (including phenoxy) is 1. The molecule has 25 heavy (non-hydrogen) atoms. The Labute approximate surface area is 149 Å². The molecule has 0 aliphatic heterocycles. The Balaban J connectivity index is 2.05. The first-order chi connectivity index (χ1) is 11.7. The predicted molar refractivity (Wildman–Crippen MR) is 99.2 cm³/mol. The first kappa shape index (κ1) is 19.0. The fourth-order valence-electron chi connectivity index (χ4n) is 2.20. The van der Waals surface area contributed by atoms with E-state index < -0.39 is 5.97 Å². The number of aromatic hydroxyl groups is 1. The molecule has 4 nitrogen and oxygen atoms in total. The highest BCUT2D eigenvalue weighted by Crippen LogP contribution is 2.25. The Hall–Kier alpha value is -2.33. The predicted octanol–water partition coefficient (Wildman–Crippen LogP) is 3.98. The standard InChI is InChI=1S/C21H26NO3/c1-14-5-8-16(9-6-14)20(24)25-13-17-11-15(7-10-18(17)23)12-19(22)21(2,3)4/h5-12,19,23H,13,22H2,1-4H3. The van der Waals surface area contributed by atoms with Crippen molar-refractivity contribution < 1.29 is 14.6 Å². The Morgan fingerprint density at radius 1 is 1.20 bits per heavy atom. The molecule has 0 heterocycles. The van der Waals surface area contributed by atoms with Gasteiger partial charge in [0.1, 0.15) is 12.4 Å². The average molecular weight is 340 g/mol. The number of rotatable bonds is 5. The van der Waals surface area contributed by atoms with Crippen LogP contribution in [-0.2, 0) is 11.3 Å². The molecule has 0 aliphatic rings. The van der Waals surface area contributed by atoms with Gasteiger partial charge in [-0.3, -0.25) is 0 Å². The largest absolute Gasteiger partial charge is 0.508 e. The molecule has 1 unspecified atom stereocenters. The van der Waals surface area contributed by atoms with Crippen LogP contribution in [0.4, 0.5) is 0 Å². The molecule has 2 aromatic rings. The second-order valence-corrected chi connectivity index (χ2v) is 7.39. The molecule has 0 aliphatic carbocycles. The number of phenolic OH excluding ortho intramolecular Hbond substituents is 1. The second-order valence-electron chi connectivity index (χ2n) is 7.39. The van der Waals surface area contributed by atoms with Crippen LogP contribution in [0, 0.1) is 18.8 Å². The Kier molecular flexibility index (Phi) is 5.85. The number of carbonyl (C=O) groups is 1. The third-order valence-electron chi connectivity index (χ3n) is 4.12. The minimum Gasteiger partial charge on any atom is -0.508 e. The highest BCUT2D eigenvalue weighted by Gasteiger charge is 2.21. The van der Waals surface area contributed by atoms with Crippen molar-refractivity contribution in [3.63, 3.8) is 0 Å². The number of hydrogen-bond donors (Lipinski definition) is 2. The molecule has 4 heteroatoms. The summed E-state index contributed by atoms with van der Waals surface area (Å²) in [6, 6.07) is 12.2. The van der Waals surface area contributed by atoms with Gasteiger partial charge in [0.2, 0.25) is 0 Å². The molecular weight excluding hydrogens is 314 g/mol. The van der Waals surface area contributed by atoms with Gasteiger partial charge >= 0.3 is 5.97 Å². The molecule has 0 bridgehead atoms. The van der Waals surface area contributed by atoms with E-state index in [1.165, 1.54) is 0 Å².